The molecule has 0 radical (unpaired) electrons. The number of hydrogen-bond acceptors (Lipinski definition) is 3. The van der Waals surface area contributed by atoms with Gasteiger partial charge in [-0.1, -0.05) is 0 Å². The van der Waals surface area contributed by atoms with Gasteiger partial charge < -0.3 is 9.84 Å². The number of aromatic carboxylic acids is 1. The van der Waals surface area contributed by atoms with Crippen LogP contribution in [0, 0.1) is 7.14 Å². The SMILES string of the molecule is COC(=O)c1ccc(I)cc1.O=C(O)c1ccc(I)cc1. The molecule has 0 unspecified atom stereocenters. The fourth-order valence-corrected chi connectivity index (χ4v) is 2.02. The first-order valence-corrected chi connectivity index (χ1v) is 7.92. The average molecular weight is 510 g/mol. The van der Waals surface area contributed by atoms with Crippen LogP contribution in [0.15, 0.2) is 48.5 Å². The van der Waals surface area contributed by atoms with E-state index in [0.717, 1.165) is 7.14 Å². The summed E-state index contributed by atoms with van der Waals surface area (Å²) in [5, 5.41) is 8.47. The molecule has 21 heavy (non-hydrogen) atoms. The Morgan fingerprint density at radius 2 is 1.24 bits per heavy atom. The third-order valence-corrected chi connectivity index (χ3v) is 3.79. The summed E-state index contributed by atoms with van der Waals surface area (Å²) in [7, 11) is 1.38. The number of hydrogen-bond donors (Lipinski definition) is 1. The van der Waals surface area contributed by atoms with Crippen LogP contribution in [0.4, 0.5) is 0 Å². The van der Waals surface area contributed by atoms with Gasteiger partial charge in [-0.2, -0.15) is 0 Å². The zero-order chi connectivity index (χ0) is 15.8. The molecule has 0 aliphatic carbocycles. The van der Waals surface area contributed by atoms with Crippen LogP contribution >= 0.6 is 45.2 Å². The molecule has 110 valence electrons. The number of methoxy groups -OCH3 is 1. The van der Waals surface area contributed by atoms with Crippen LogP contribution in [0.1, 0.15) is 20.7 Å². The van der Waals surface area contributed by atoms with E-state index in [9.17, 15) is 9.59 Å². The van der Waals surface area contributed by atoms with Gasteiger partial charge in [0.05, 0.1) is 18.2 Å². The van der Waals surface area contributed by atoms with Crippen molar-refractivity contribution in [2.75, 3.05) is 7.11 Å². The molecule has 0 heterocycles. The molecular formula is C15H12I2O4. The maximum Gasteiger partial charge on any atom is 0.337 e. The first kappa shape index (κ1) is 17.9. The fourth-order valence-electron chi connectivity index (χ4n) is 1.30. The standard InChI is InChI=1S/C8H7IO2.C7H5IO2/c1-11-8(10)6-2-4-7(9)5-3-6;8-6-3-1-5(2-4-6)7(9)10/h2-5H,1H3;1-4H,(H,9,10). The highest BCUT2D eigenvalue weighted by Gasteiger charge is 2.02. The Morgan fingerprint density at radius 1 is 0.857 bits per heavy atom. The second kappa shape index (κ2) is 8.98. The van der Waals surface area contributed by atoms with Crippen LogP contribution < -0.4 is 0 Å². The Balaban J connectivity index is 0.000000211. The highest BCUT2D eigenvalue weighted by Crippen LogP contribution is 2.07. The van der Waals surface area contributed by atoms with Crippen LogP contribution in [0.5, 0.6) is 0 Å². The molecular weight excluding hydrogens is 498 g/mol. The van der Waals surface area contributed by atoms with Gasteiger partial charge in [-0.15, -0.1) is 0 Å². The minimum absolute atomic E-state index is 0.290. The zero-order valence-corrected chi connectivity index (χ0v) is 15.4. The van der Waals surface area contributed by atoms with Gasteiger partial charge in [0.2, 0.25) is 0 Å². The van der Waals surface area contributed by atoms with Gasteiger partial charge in [-0.05, 0) is 93.7 Å². The summed E-state index contributed by atoms with van der Waals surface area (Å²) >= 11 is 4.31. The molecule has 4 nitrogen and oxygen atoms in total. The molecule has 0 saturated carbocycles. The number of carbonyl (C=O) groups is 2. The molecule has 0 aliphatic heterocycles. The van der Waals surface area contributed by atoms with Crippen LogP contribution in [-0.4, -0.2) is 24.2 Å². The molecule has 0 saturated heterocycles. The first-order valence-electron chi connectivity index (χ1n) is 5.76. The summed E-state index contributed by atoms with van der Waals surface area (Å²) in [4.78, 5) is 21.2. The van der Waals surface area contributed by atoms with E-state index in [1.807, 2.05) is 12.1 Å². The van der Waals surface area contributed by atoms with Crippen molar-refractivity contribution in [3.63, 3.8) is 0 Å². The molecule has 0 bridgehead atoms. The number of carboxylic acids is 1. The number of benzene rings is 2. The van der Waals surface area contributed by atoms with E-state index < -0.39 is 5.97 Å². The minimum Gasteiger partial charge on any atom is -0.478 e. The average Bonchev–Trinajstić information content (AvgIpc) is 2.48. The van der Waals surface area contributed by atoms with E-state index in [2.05, 4.69) is 49.9 Å². The van der Waals surface area contributed by atoms with Crippen molar-refractivity contribution < 1.29 is 19.4 Å². The summed E-state index contributed by atoms with van der Waals surface area (Å²) in [6, 6.07) is 13.9. The molecule has 0 aliphatic rings. The monoisotopic (exact) mass is 510 g/mol. The third-order valence-electron chi connectivity index (χ3n) is 2.36. The van der Waals surface area contributed by atoms with E-state index in [0.29, 0.717) is 11.1 Å². The summed E-state index contributed by atoms with van der Waals surface area (Å²) in [6.45, 7) is 0. The first-order chi connectivity index (χ1) is 9.93. The van der Waals surface area contributed by atoms with Gasteiger partial charge in [-0.3, -0.25) is 0 Å². The summed E-state index contributed by atoms with van der Waals surface area (Å²) in [5.74, 6) is -1.17. The molecule has 2 aromatic carbocycles. The largest absolute Gasteiger partial charge is 0.478 e. The van der Waals surface area contributed by atoms with Crippen molar-refractivity contribution in [3.8, 4) is 0 Å². The van der Waals surface area contributed by atoms with E-state index in [4.69, 9.17) is 5.11 Å². The number of carboxylic acid groups (broad SMARTS) is 1. The van der Waals surface area contributed by atoms with Crippen LogP contribution in [0.25, 0.3) is 0 Å². The van der Waals surface area contributed by atoms with Crippen molar-refractivity contribution in [2.45, 2.75) is 0 Å². The van der Waals surface area contributed by atoms with Gasteiger partial charge in [-0.25, -0.2) is 9.59 Å². The number of carbonyl (C=O) groups excluding carboxylic acids is 1. The van der Waals surface area contributed by atoms with E-state index in [-0.39, 0.29) is 5.97 Å². The molecule has 2 rings (SSSR count). The van der Waals surface area contributed by atoms with Crippen molar-refractivity contribution in [1.29, 1.82) is 0 Å². The Hall–Kier alpha value is -1.16. The minimum atomic E-state index is -0.878. The third kappa shape index (κ3) is 6.42. The van der Waals surface area contributed by atoms with E-state index >= 15 is 0 Å². The quantitative estimate of drug-likeness (QED) is 0.489. The van der Waals surface area contributed by atoms with E-state index in [1.165, 1.54) is 7.11 Å². The number of halogens is 2. The Labute approximate surface area is 149 Å². The van der Waals surface area contributed by atoms with Gasteiger partial charge in [0.25, 0.3) is 0 Å². The van der Waals surface area contributed by atoms with Gasteiger partial charge in [0.15, 0.2) is 0 Å². The normalized spacial score (nSPS) is 9.29. The Morgan fingerprint density at radius 3 is 1.57 bits per heavy atom. The Bertz CT molecular complexity index is 607. The number of rotatable bonds is 2. The van der Waals surface area contributed by atoms with Crippen molar-refractivity contribution >= 4 is 57.1 Å². The fraction of sp³-hybridized carbons (Fsp3) is 0.0667. The lowest BCUT2D eigenvalue weighted by Gasteiger charge is -1.97. The molecule has 1 N–H and O–H groups in total. The van der Waals surface area contributed by atoms with Crippen molar-refractivity contribution in [3.05, 3.63) is 66.8 Å². The highest BCUT2D eigenvalue weighted by atomic mass is 127. The van der Waals surface area contributed by atoms with Gasteiger partial charge in [0.1, 0.15) is 0 Å². The molecule has 0 atom stereocenters. The van der Waals surface area contributed by atoms with Crippen LogP contribution in [-0.2, 0) is 4.74 Å². The lowest BCUT2D eigenvalue weighted by atomic mass is 10.2. The maximum atomic E-state index is 10.9. The lowest BCUT2D eigenvalue weighted by molar-refractivity contribution is 0.0599. The van der Waals surface area contributed by atoms with Crippen LogP contribution in [0.3, 0.4) is 0 Å². The van der Waals surface area contributed by atoms with Crippen molar-refractivity contribution in [1.82, 2.24) is 0 Å². The maximum absolute atomic E-state index is 10.9. The predicted molar refractivity (Wildman–Crippen MR) is 96.6 cm³/mol. The molecule has 6 heteroatoms. The van der Waals surface area contributed by atoms with E-state index in [1.54, 1.807) is 36.4 Å². The molecule has 2 aromatic rings. The van der Waals surface area contributed by atoms with Gasteiger partial charge in [0, 0.05) is 7.14 Å². The smallest absolute Gasteiger partial charge is 0.337 e. The molecule has 0 fully saturated rings. The van der Waals surface area contributed by atoms with Crippen molar-refractivity contribution in [2.24, 2.45) is 0 Å². The summed E-state index contributed by atoms with van der Waals surface area (Å²) < 4.78 is 6.69. The molecule has 0 aromatic heterocycles. The highest BCUT2D eigenvalue weighted by molar-refractivity contribution is 14.1. The summed E-state index contributed by atoms with van der Waals surface area (Å²) in [5.41, 5.74) is 0.924. The predicted octanol–water partition coefficient (Wildman–Crippen LogP) is 4.07. The summed E-state index contributed by atoms with van der Waals surface area (Å²) in [6.07, 6.45) is 0. The zero-order valence-electron chi connectivity index (χ0n) is 11.0. The molecule has 0 amide bonds. The van der Waals surface area contributed by atoms with Gasteiger partial charge >= 0.3 is 11.9 Å². The topological polar surface area (TPSA) is 63.6 Å². The number of ether oxygens (including phenoxy) is 1. The number of esters is 1. The second-order valence-corrected chi connectivity index (χ2v) is 6.30. The van der Waals surface area contributed by atoms with Crippen LogP contribution in [0.2, 0.25) is 0 Å². The Kier molecular flexibility index (Phi) is 7.65. The second-order valence-electron chi connectivity index (χ2n) is 3.81. The molecule has 0 spiro atoms. The lowest BCUT2D eigenvalue weighted by Crippen LogP contribution is -2.00.